The maximum absolute atomic E-state index is 12.5. The predicted octanol–water partition coefficient (Wildman–Crippen LogP) is 3.90. The Balaban J connectivity index is 2.15. The van der Waals surface area contributed by atoms with E-state index in [9.17, 15) is 14.9 Å². The number of rotatable bonds is 3. The third-order valence-corrected chi connectivity index (χ3v) is 4.47. The van der Waals surface area contributed by atoms with Crippen molar-refractivity contribution in [1.29, 1.82) is 0 Å². The van der Waals surface area contributed by atoms with E-state index in [0.717, 1.165) is 19.3 Å². The summed E-state index contributed by atoms with van der Waals surface area (Å²) in [5.41, 5.74) is 0.216. The van der Waals surface area contributed by atoms with Crippen LogP contribution >= 0.6 is 11.6 Å². The lowest BCUT2D eigenvalue weighted by atomic mass is 9.86. The Morgan fingerprint density at radius 3 is 2.71 bits per heavy atom. The molecule has 6 heteroatoms. The van der Waals surface area contributed by atoms with Gasteiger partial charge in [-0.2, -0.15) is 0 Å². The number of hydrogen-bond acceptors (Lipinski definition) is 3. The van der Waals surface area contributed by atoms with Gasteiger partial charge < -0.3 is 4.90 Å². The fourth-order valence-corrected chi connectivity index (χ4v) is 3.16. The summed E-state index contributed by atoms with van der Waals surface area (Å²) in [6.45, 7) is 2.20. The first-order chi connectivity index (χ1) is 9.90. The number of hydrogen-bond donors (Lipinski definition) is 0. The molecule has 2 unspecified atom stereocenters. The van der Waals surface area contributed by atoms with E-state index < -0.39 is 4.92 Å². The smallest absolute Gasteiger partial charge is 0.287 e. The van der Waals surface area contributed by atoms with E-state index in [1.54, 1.807) is 11.9 Å². The highest BCUT2D eigenvalue weighted by Gasteiger charge is 2.26. The zero-order chi connectivity index (χ0) is 15.6. The molecule has 1 fully saturated rings. The molecule has 2 rings (SSSR count). The van der Waals surface area contributed by atoms with Gasteiger partial charge in [0.15, 0.2) is 0 Å². The number of nitrogens with zero attached hydrogens (tertiary/aromatic N) is 2. The van der Waals surface area contributed by atoms with E-state index in [1.165, 1.54) is 24.6 Å². The van der Waals surface area contributed by atoms with Gasteiger partial charge in [0.2, 0.25) is 0 Å². The first-order valence-corrected chi connectivity index (χ1v) is 7.49. The van der Waals surface area contributed by atoms with Crippen LogP contribution in [0.2, 0.25) is 5.02 Å². The van der Waals surface area contributed by atoms with Crippen LogP contribution in [-0.4, -0.2) is 28.8 Å². The molecular formula is C15H19ClN2O3. The van der Waals surface area contributed by atoms with Crippen LogP contribution in [0.15, 0.2) is 18.2 Å². The summed E-state index contributed by atoms with van der Waals surface area (Å²) < 4.78 is 0. The molecule has 1 aliphatic carbocycles. The maximum atomic E-state index is 12.5. The fourth-order valence-electron chi connectivity index (χ4n) is 2.91. The molecule has 1 aromatic carbocycles. The molecule has 21 heavy (non-hydrogen) atoms. The summed E-state index contributed by atoms with van der Waals surface area (Å²) in [7, 11) is 1.79. The molecule has 1 aromatic rings. The van der Waals surface area contributed by atoms with Crippen LogP contribution in [0, 0.1) is 16.0 Å². The van der Waals surface area contributed by atoms with E-state index in [2.05, 4.69) is 6.92 Å². The minimum Gasteiger partial charge on any atom is -0.339 e. The molecule has 0 radical (unpaired) electrons. The predicted molar refractivity (Wildman–Crippen MR) is 81.6 cm³/mol. The summed E-state index contributed by atoms with van der Waals surface area (Å²) >= 11 is 5.87. The van der Waals surface area contributed by atoms with E-state index in [1.807, 2.05) is 0 Å². The second-order valence-electron chi connectivity index (χ2n) is 5.76. The molecule has 0 aliphatic heterocycles. The largest absolute Gasteiger partial charge is 0.339 e. The van der Waals surface area contributed by atoms with Crippen molar-refractivity contribution >= 4 is 23.2 Å². The van der Waals surface area contributed by atoms with E-state index >= 15 is 0 Å². The van der Waals surface area contributed by atoms with Gasteiger partial charge in [0.05, 0.1) is 4.92 Å². The minimum atomic E-state index is -0.552. The normalized spacial score (nSPS) is 21.9. The van der Waals surface area contributed by atoms with Gasteiger partial charge in [-0.25, -0.2) is 0 Å². The minimum absolute atomic E-state index is 0.00346. The van der Waals surface area contributed by atoms with Crippen LogP contribution in [0.1, 0.15) is 43.0 Å². The average Bonchev–Trinajstić information content (AvgIpc) is 2.45. The lowest BCUT2D eigenvalue weighted by Gasteiger charge is -2.34. The van der Waals surface area contributed by atoms with Crippen molar-refractivity contribution in [2.24, 2.45) is 5.92 Å². The molecule has 2 atom stereocenters. The van der Waals surface area contributed by atoms with Crippen molar-refractivity contribution in [3.63, 3.8) is 0 Å². The van der Waals surface area contributed by atoms with Gasteiger partial charge in [-0.1, -0.05) is 31.4 Å². The molecular weight excluding hydrogens is 292 g/mol. The lowest BCUT2D eigenvalue weighted by Crippen LogP contribution is -2.39. The molecule has 0 bridgehead atoms. The van der Waals surface area contributed by atoms with Crippen molar-refractivity contribution in [2.45, 2.75) is 38.6 Å². The summed E-state index contributed by atoms with van der Waals surface area (Å²) in [5.74, 6) is 0.491. The molecule has 1 saturated carbocycles. The Bertz CT molecular complexity index is 562. The number of amides is 1. The van der Waals surface area contributed by atoms with Crippen molar-refractivity contribution in [3.8, 4) is 0 Å². The Hall–Kier alpha value is -1.62. The molecule has 0 aromatic heterocycles. The van der Waals surface area contributed by atoms with Crippen LogP contribution in [0.25, 0.3) is 0 Å². The van der Waals surface area contributed by atoms with Gasteiger partial charge in [0.1, 0.15) is 5.02 Å². The molecule has 0 saturated heterocycles. The van der Waals surface area contributed by atoms with Gasteiger partial charge in [0, 0.05) is 24.7 Å². The summed E-state index contributed by atoms with van der Waals surface area (Å²) in [4.78, 5) is 24.4. The van der Waals surface area contributed by atoms with Gasteiger partial charge in [-0.3, -0.25) is 14.9 Å². The van der Waals surface area contributed by atoms with Crippen LogP contribution in [-0.2, 0) is 0 Å². The third-order valence-electron chi connectivity index (χ3n) is 4.17. The number of nitro benzene ring substituents is 1. The topological polar surface area (TPSA) is 63.5 Å². The lowest BCUT2D eigenvalue weighted by molar-refractivity contribution is -0.384. The Labute approximate surface area is 129 Å². The molecule has 0 spiro atoms. The SMILES string of the molecule is CC1CCCC(N(C)C(=O)c2ccc([N+](=O)[O-])c(Cl)c2)C1. The number of carbonyl (C=O) groups excluding carboxylic acids is 1. The highest BCUT2D eigenvalue weighted by molar-refractivity contribution is 6.33. The van der Waals surface area contributed by atoms with Gasteiger partial charge in [0.25, 0.3) is 11.6 Å². The Kier molecular flexibility index (Phi) is 4.83. The highest BCUT2D eigenvalue weighted by atomic mass is 35.5. The molecule has 1 amide bonds. The first-order valence-electron chi connectivity index (χ1n) is 7.11. The number of carbonyl (C=O) groups is 1. The van der Waals surface area contributed by atoms with Crippen LogP contribution in [0.5, 0.6) is 0 Å². The second-order valence-corrected chi connectivity index (χ2v) is 6.17. The van der Waals surface area contributed by atoms with Crippen LogP contribution in [0.4, 0.5) is 5.69 Å². The number of benzene rings is 1. The fraction of sp³-hybridized carbons (Fsp3) is 0.533. The molecule has 1 aliphatic rings. The Morgan fingerprint density at radius 1 is 1.43 bits per heavy atom. The van der Waals surface area contributed by atoms with Gasteiger partial charge in [-0.15, -0.1) is 0 Å². The van der Waals surface area contributed by atoms with Crippen molar-refractivity contribution in [1.82, 2.24) is 4.90 Å². The highest BCUT2D eigenvalue weighted by Crippen LogP contribution is 2.29. The van der Waals surface area contributed by atoms with Gasteiger partial charge in [-0.05, 0) is 30.9 Å². The van der Waals surface area contributed by atoms with E-state index in [4.69, 9.17) is 11.6 Å². The summed E-state index contributed by atoms with van der Waals surface area (Å²) in [6, 6.07) is 4.36. The summed E-state index contributed by atoms with van der Waals surface area (Å²) in [5, 5.41) is 10.7. The second kappa shape index (κ2) is 6.43. The zero-order valence-corrected chi connectivity index (χ0v) is 13.0. The molecule has 0 heterocycles. The standard InChI is InChI=1S/C15H19ClN2O3/c1-10-4-3-5-12(8-10)17(2)15(19)11-6-7-14(18(20)21)13(16)9-11/h6-7,9-10,12H,3-5,8H2,1-2H3. The van der Waals surface area contributed by atoms with Crippen molar-refractivity contribution < 1.29 is 9.72 Å². The van der Waals surface area contributed by atoms with Crippen LogP contribution in [0.3, 0.4) is 0 Å². The zero-order valence-electron chi connectivity index (χ0n) is 12.2. The first kappa shape index (κ1) is 15.8. The Morgan fingerprint density at radius 2 is 2.14 bits per heavy atom. The van der Waals surface area contributed by atoms with Gasteiger partial charge >= 0.3 is 0 Å². The molecule has 5 nitrogen and oxygen atoms in total. The average molecular weight is 311 g/mol. The summed E-state index contributed by atoms with van der Waals surface area (Å²) in [6.07, 6.45) is 4.35. The van der Waals surface area contributed by atoms with Crippen molar-refractivity contribution in [2.75, 3.05) is 7.05 Å². The maximum Gasteiger partial charge on any atom is 0.287 e. The quantitative estimate of drug-likeness (QED) is 0.628. The van der Waals surface area contributed by atoms with Crippen LogP contribution < -0.4 is 0 Å². The molecule has 0 N–H and O–H groups in total. The van der Waals surface area contributed by atoms with E-state index in [0.29, 0.717) is 11.5 Å². The monoisotopic (exact) mass is 310 g/mol. The number of nitro groups is 1. The van der Waals surface area contributed by atoms with E-state index in [-0.39, 0.29) is 22.7 Å². The number of halogens is 1. The van der Waals surface area contributed by atoms with Crippen molar-refractivity contribution in [3.05, 3.63) is 38.9 Å². The molecule has 114 valence electrons. The third kappa shape index (κ3) is 3.53.